The summed E-state index contributed by atoms with van der Waals surface area (Å²) in [5.41, 5.74) is 5.26. The number of hydrogen-bond donors (Lipinski definition) is 2. The molecule has 0 spiro atoms. The molecule has 3 aromatic carbocycles. The number of aromatic amines is 1. The molecule has 0 saturated carbocycles. The van der Waals surface area contributed by atoms with Gasteiger partial charge in [-0.05, 0) is 42.5 Å². The maximum absolute atomic E-state index is 6.21. The lowest BCUT2D eigenvalue weighted by molar-refractivity contribution is 0.465. The van der Waals surface area contributed by atoms with E-state index >= 15 is 0 Å². The van der Waals surface area contributed by atoms with Crippen LogP contribution in [0, 0.1) is 0 Å². The number of fused-ring (bicyclic) bond motifs is 2. The molecule has 7 rings (SSSR count). The van der Waals surface area contributed by atoms with Crippen molar-refractivity contribution in [1.29, 1.82) is 0 Å². The molecule has 0 atom stereocenters. The topological polar surface area (TPSA) is 102 Å². The van der Waals surface area contributed by atoms with Gasteiger partial charge in [0.1, 0.15) is 11.4 Å². The summed E-state index contributed by atoms with van der Waals surface area (Å²) in [7, 11) is 0. The molecule has 4 heterocycles. The van der Waals surface area contributed by atoms with Crippen LogP contribution in [0.3, 0.4) is 0 Å². The Balaban J connectivity index is 1.16. The number of nitrogens with one attached hydrogen (secondary N) is 2. The van der Waals surface area contributed by atoms with Gasteiger partial charge in [0.25, 0.3) is 0 Å². The lowest BCUT2D eigenvalue weighted by Crippen LogP contribution is -1.99. The first-order valence-corrected chi connectivity index (χ1v) is 12.4. The highest BCUT2D eigenvalue weighted by molar-refractivity contribution is 6.00. The summed E-state index contributed by atoms with van der Waals surface area (Å²) < 4.78 is 6.21. The standard InChI is InChI=1S/C31H21N7O/c1-2-7-20(8-3-1)28-24-9-4-5-10-25(24)30(38-36-28)35-21-12-14-22(15-13-21)39-31-26(11-6-17-33-31)23-16-18-32-29-27(23)19-34-37-29/h1-19H,(H,35,38)(H,32,34,37). The van der Waals surface area contributed by atoms with E-state index in [0.717, 1.165) is 44.2 Å². The lowest BCUT2D eigenvalue weighted by Gasteiger charge is -2.13. The molecular formula is C31H21N7O. The van der Waals surface area contributed by atoms with Crippen molar-refractivity contribution >= 4 is 33.3 Å². The average molecular weight is 508 g/mol. The van der Waals surface area contributed by atoms with Gasteiger partial charge in [-0.2, -0.15) is 5.10 Å². The summed E-state index contributed by atoms with van der Waals surface area (Å²) in [6, 6.07) is 31.7. The number of H-pyrrole nitrogens is 1. The molecule has 0 unspecified atom stereocenters. The van der Waals surface area contributed by atoms with Crippen LogP contribution in [-0.2, 0) is 0 Å². The summed E-state index contributed by atoms with van der Waals surface area (Å²) in [6.45, 7) is 0. The van der Waals surface area contributed by atoms with Crippen LogP contribution in [-0.4, -0.2) is 30.4 Å². The van der Waals surface area contributed by atoms with Gasteiger partial charge in [-0.15, -0.1) is 10.2 Å². The number of pyridine rings is 2. The first kappa shape index (κ1) is 22.6. The van der Waals surface area contributed by atoms with Crippen molar-refractivity contribution in [2.75, 3.05) is 5.32 Å². The Morgan fingerprint density at radius 3 is 2.33 bits per heavy atom. The Morgan fingerprint density at radius 2 is 1.46 bits per heavy atom. The number of benzene rings is 3. The number of ether oxygens (including phenoxy) is 1. The Kier molecular flexibility index (Phi) is 5.60. The third kappa shape index (κ3) is 4.30. The van der Waals surface area contributed by atoms with Crippen molar-refractivity contribution in [2.45, 2.75) is 0 Å². The molecule has 0 radical (unpaired) electrons. The zero-order valence-electron chi connectivity index (χ0n) is 20.6. The van der Waals surface area contributed by atoms with Crippen molar-refractivity contribution < 1.29 is 4.74 Å². The fraction of sp³-hybridized carbons (Fsp3) is 0. The first-order valence-electron chi connectivity index (χ1n) is 12.4. The minimum Gasteiger partial charge on any atom is -0.438 e. The van der Waals surface area contributed by atoms with E-state index in [0.29, 0.717) is 23.1 Å². The van der Waals surface area contributed by atoms with Crippen LogP contribution in [0.2, 0.25) is 0 Å². The van der Waals surface area contributed by atoms with Gasteiger partial charge < -0.3 is 10.1 Å². The number of hydrogen-bond acceptors (Lipinski definition) is 7. The fourth-order valence-corrected chi connectivity index (χ4v) is 4.62. The minimum absolute atomic E-state index is 0.500. The van der Waals surface area contributed by atoms with Crippen LogP contribution in [0.5, 0.6) is 11.6 Å². The summed E-state index contributed by atoms with van der Waals surface area (Å²) >= 11 is 0. The van der Waals surface area contributed by atoms with Crippen molar-refractivity contribution in [2.24, 2.45) is 0 Å². The van der Waals surface area contributed by atoms with Crippen molar-refractivity contribution in [3.63, 3.8) is 0 Å². The second kappa shape index (κ2) is 9.68. The van der Waals surface area contributed by atoms with E-state index in [-0.39, 0.29) is 0 Å². The highest BCUT2D eigenvalue weighted by atomic mass is 16.5. The third-order valence-corrected chi connectivity index (χ3v) is 6.48. The van der Waals surface area contributed by atoms with Crippen molar-refractivity contribution in [3.8, 4) is 34.0 Å². The highest BCUT2D eigenvalue weighted by Gasteiger charge is 2.14. The quantitative estimate of drug-likeness (QED) is 0.246. The molecule has 0 aliphatic rings. The van der Waals surface area contributed by atoms with Crippen LogP contribution in [0.4, 0.5) is 11.5 Å². The molecule has 0 fully saturated rings. The van der Waals surface area contributed by atoms with E-state index in [1.165, 1.54) is 0 Å². The molecule has 0 amide bonds. The van der Waals surface area contributed by atoms with Gasteiger partial charge in [0.2, 0.25) is 5.88 Å². The van der Waals surface area contributed by atoms with Gasteiger partial charge in [-0.25, -0.2) is 9.97 Å². The Bertz CT molecular complexity index is 1920. The minimum atomic E-state index is 0.500. The predicted molar refractivity (Wildman–Crippen MR) is 152 cm³/mol. The van der Waals surface area contributed by atoms with Crippen LogP contribution < -0.4 is 10.1 Å². The largest absolute Gasteiger partial charge is 0.438 e. The van der Waals surface area contributed by atoms with Crippen molar-refractivity contribution in [1.82, 2.24) is 30.4 Å². The summed E-state index contributed by atoms with van der Waals surface area (Å²) in [6.07, 6.45) is 5.21. The molecule has 2 N–H and O–H groups in total. The number of aromatic nitrogens is 6. The molecule has 8 nitrogen and oxygen atoms in total. The first-order chi connectivity index (χ1) is 19.3. The monoisotopic (exact) mass is 507 g/mol. The zero-order chi connectivity index (χ0) is 26.0. The van der Waals surface area contributed by atoms with Gasteiger partial charge in [-0.3, -0.25) is 5.10 Å². The van der Waals surface area contributed by atoms with Gasteiger partial charge >= 0.3 is 0 Å². The Hall–Kier alpha value is -5.63. The predicted octanol–water partition coefficient (Wildman–Crippen LogP) is 7.17. The third-order valence-electron chi connectivity index (χ3n) is 6.48. The van der Waals surface area contributed by atoms with Crippen LogP contribution in [0.1, 0.15) is 0 Å². The number of anilines is 2. The van der Waals surface area contributed by atoms with E-state index in [2.05, 4.69) is 47.8 Å². The Labute approximate surface area is 223 Å². The normalized spacial score (nSPS) is 11.1. The van der Waals surface area contributed by atoms with Crippen LogP contribution in [0.15, 0.2) is 116 Å². The number of nitrogens with zero attached hydrogens (tertiary/aromatic N) is 5. The smallest absolute Gasteiger partial charge is 0.227 e. The van der Waals surface area contributed by atoms with Gasteiger partial charge in [0.05, 0.1) is 6.20 Å². The van der Waals surface area contributed by atoms with E-state index in [1.54, 1.807) is 18.6 Å². The van der Waals surface area contributed by atoms with E-state index < -0.39 is 0 Å². The molecular weight excluding hydrogens is 486 g/mol. The second-order valence-electron chi connectivity index (χ2n) is 8.91. The van der Waals surface area contributed by atoms with Gasteiger partial charge in [0, 0.05) is 50.9 Å². The zero-order valence-corrected chi connectivity index (χ0v) is 20.6. The molecule has 39 heavy (non-hydrogen) atoms. The van der Waals surface area contributed by atoms with Crippen LogP contribution in [0.25, 0.3) is 44.2 Å². The fourth-order valence-electron chi connectivity index (χ4n) is 4.62. The summed E-state index contributed by atoms with van der Waals surface area (Å²) in [4.78, 5) is 8.82. The SMILES string of the molecule is c1ccc(-c2nnc(Nc3ccc(Oc4ncccc4-c4ccnc5[nH]ncc45)cc3)c3ccccc23)cc1. The molecule has 0 aliphatic heterocycles. The average Bonchev–Trinajstić information content (AvgIpc) is 3.49. The van der Waals surface area contributed by atoms with Gasteiger partial charge in [-0.1, -0.05) is 54.6 Å². The molecule has 4 aromatic heterocycles. The molecule has 0 saturated heterocycles. The van der Waals surface area contributed by atoms with E-state index in [4.69, 9.17) is 4.74 Å². The van der Waals surface area contributed by atoms with E-state index in [9.17, 15) is 0 Å². The molecule has 8 heteroatoms. The maximum atomic E-state index is 6.21. The van der Waals surface area contributed by atoms with Crippen LogP contribution >= 0.6 is 0 Å². The van der Waals surface area contributed by atoms with Gasteiger partial charge in [0.15, 0.2) is 11.5 Å². The molecule has 0 bridgehead atoms. The molecule has 0 aliphatic carbocycles. The number of rotatable bonds is 6. The summed E-state index contributed by atoms with van der Waals surface area (Å²) in [5, 5.41) is 22.4. The van der Waals surface area contributed by atoms with E-state index in [1.807, 2.05) is 84.9 Å². The Morgan fingerprint density at radius 1 is 0.641 bits per heavy atom. The highest BCUT2D eigenvalue weighted by Crippen LogP contribution is 2.35. The molecule has 7 aromatic rings. The lowest BCUT2D eigenvalue weighted by atomic mass is 10.0. The maximum Gasteiger partial charge on any atom is 0.227 e. The second-order valence-corrected chi connectivity index (χ2v) is 8.91. The van der Waals surface area contributed by atoms with Crippen molar-refractivity contribution in [3.05, 3.63) is 116 Å². The molecule has 186 valence electrons. The summed E-state index contributed by atoms with van der Waals surface area (Å²) in [5.74, 6) is 1.85.